The number of nitrogens with zero attached hydrogens (tertiary/aromatic N) is 4. The van der Waals surface area contributed by atoms with Gasteiger partial charge in [0.2, 0.25) is 11.8 Å². The van der Waals surface area contributed by atoms with Crippen LogP contribution in [-0.2, 0) is 19.1 Å². The van der Waals surface area contributed by atoms with Gasteiger partial charge in [-0.1, -0.05) is 87.5 Å². The summed E-state index contributed by atoms with van der Waals surface area (Å²) in [6, 6.07) is 17.1. The van der Waals surface area contributed by atoms with Gasteiger partial charge in [-0.2, -0.15) is 0 Å². The average Bonchev–Trinajstić information content (AvgIpc) is 4.15. The van der Waals surface area contributed by atoms with Gasteiger partial charge in [0.25, 0.3) is 0 Å². The number of alkyl carbamates (subject to hydrolysis) is 2. The number of hydrogen-bond donors (Lipinski definition) is 4. The van der Waals surface area contributed by atoms with Crippen molar-refractivity contribution < 1.29 is 28.7 Å². The monoisotopic (exact) mass is 838 g/mol. The van der Waals surface area contributed by atoms with Crippen LogP contribution in [0.3, 0.4) is 0 Å². The molecule has 2 aliphatic carbocycles. The Hall–Kier alpha value is -6.44. The van der Waals surface area contributed by atoms with E-state index in [9.17, 15) is 19.2 Å². The first-order chi connectivity index (χ1) is 30.0. The molecular formula is C48H54N8O6. The smallest absolute Gasteiger partial charge is 0.407 e. The number of carbonyl (C=O) groups excluding carboxylic acids is 4. The maximum atomic E-state index is 14.7. The molecule has 7 atom stereocenters. The third-order valence-electron chi connectivity index (χ3n) is 13.6. The number of H-pyrrole nitrogens is 2. The summed E-state index contributed by atoms with van der Waals surface area (Å²) in [4.78, 5) is 73.7. The van der Waals surface area contributed by atoms with Gasteiger partial charge < -0.3 is 39.9 Å². The molecule has 322 valence electrons. The lowest BCUT2D eigenvalue weighted by atomic mass is 9.76. The van der Waals surface area contributed by atoms with Crippen molar-refractivity contribution in [3.8, 4) is 22.4 Å². The van der Waals surface area contributed by atoms with E-state index < -0.39 is 29.7 Å². The van der Waals surface area contributed by atoms with Crippen molar-refractivity contribution in [3.05, 3.63) is 96.7 Å². The topological polar surface area (TPSA) is 175 Å². The highest BCUT2D eigenvalue weighted by Gasteiger charge is 2.53. The van der Waals surface area contributed by atoms with E-state index in [1.807, 2.05) is 67.1 Å². The number of piperidine rings is 1. The molecule has 4 aliphatic rings. The van der Waals surface area contributed by atoms with E-state index >= 15 is 0 Å². The van der Waals surface area contributed by atoms with Crippen molar-refractivity contribution in [3.63, 3.8) is 0 Å². The molecule has 4 N–H and O–H groups in total. The van der Waals surface area contributed by atoms with Gasteiger partial charge in [-0.05, 0) is 84.6 Å². The molecule has 1 saturated carbocycles. The molecule has 9 rings (SSSR count). The van der Waals surface area contributed by atoms with Crippen LogP contribution in [0.2, 0.25) is 0 Å². The highest BCUT2D eigenvalue weighted by atomic mass is 16.5. The molecular weight excluding hydrogens is 785 g/mol. The van der Waals surface area contributed by atoms with Gasteiger partial charge in [-0.3, -0.25) is 9.59 Å². The summed E-state index contributed by atoms with van der Waals surface area (Å²) in [6.45, 7) is 6.41. The van der Waals surface area contributed by atoms with Gasteiger partial charge >= 0.3 is 12.2 Å². The van der Waals surface area contributed by atoms with E-state index in [4.69, 9.17) is 19.4 Å². The first kappa shape index (κ1) is 40.9. The summed E-state index contributed by atoms with van der Waals surface area (Å²) in [5, 5.41) is 7.72. The molecule has 5 aromatic rings. The van der Waals surface area contributed by atoms with Gasteiger partial charge in [-0.15, -0.1) is 0 Å². The zero-order chi connectivity index (χ0) is 43.3. The second-order valence-electron chi connectivity index (χ2n) is 17.8. The summed E-state index contributed by atoms with van der Waals surface area (Å²) in [7, 11) is 2.61. The number of imidazole rings is 2. The van der Waals surface area contributed by atoms with Crippen LogP contribution in [0.25, 0.3) is 44.2 Å². The Kier molecular flexibility index (Phi) is 10.9. The number of nitrogens with one attached hydrogen (secondary N) is 4. The fraction of sp³-hybridized carbons (Fsp3) is 0.417. The summed E-state index contributed by atoms with van der Waals surface area (Å²) in [6.07, 6.45) is 13.6. The van der Waals surface area contributed by atoms with Crippen molar-refractivity contribution in [2.24, 2.45) is 17.3 Å². The fourth-order valence-corrected chi connectivity index (χ4v) is 10.3. The largest absolute Gasteiger partial charge is 0.453 e. The van der Waals surface area contributed by atoms with Gasteiger partial charge in [0.05, 0.1) is 49.2 Å². The van der Waals surface area contributed by atoms with E-state index in [1.54, 1.807) is 0 Å². The van der Waals surface area contributed by atoms with E-state index in [0.29, 0.717) is 13.0 Å². The molecule has 2 aliphatic heterocycles. The van der Waals surface area contributed by atoms with Gasteiger partial charge in [0.1, 0.15) is 23.7 Å². The van der Waals surface area contributed by atoms with Crippen LogP contribution in [0.4, 0.5) is 9.59 Å². The van der Waals surface area contributed by atoms with Crippen LogP contribution in [-0.4, -0.2) is 92.6 Å². The highest BCUT2D eigenvalue weighted by Crippen LogP contribution is 2.51. The number of benzene rings is 3. The number of aromatic nitrogens is 4. The maximum Gasteiger partial charge on any atom is 0.407 e. The Labute approximate surface area is 360 Å². The number of allylic oxidation sites excluding steroid dienone is 3. The highest BCUT2D eigenvalue weighted by molar-refractivity contribution is 6.05. The lowest BCUT2D eigenvalue weighted by Gasteiger charge is -2.41. The van der Waals surface area contributed by atoms with Crippen molar-refractivity contribution in [2.45, 2.75) is 89.5 Å². The van der Waals surface area contributed by atoms with E-state index in [1.165, 1.54) is 14.2 Å². The van der Waals surface area contributed by atoms with E-state index in [2.05, 4.69) is 69.1 Å². The molecule has 2 aromatic heterocycles. The molecule has 0 spiro atoms. The van der Waals surface area contributed by atoms with E-state index in [-0.39, 0.29) is 41.8 Å². The summed E-state index contributed by atoms with van der Waals surface area (Å²) in [5.41, 5.74) is 5.14. The van der Waals surface area contributed by atoms with Crippen LogP contribution >= 0.6 is 0 Å². The Morgan fingerprint density at radius 1 is 0.855 bits per heavy atom. The molecule has 2 bridgehead atoms. The third-order valence-corrected chi connectivity index (χ3v) is 13.6. The Bertz CT molecular complexity index is 2590. The first-order valence-electron chi connectivity index (χ1n) is 21.7. The van der Waals surface area contributed by atoms with Crippen LogP contribution in [0.15, 0.2) is 85.1 Å². The molecule has 4 heterocycles. The second kappa shape index (κ2) is 16.4. The summed E-state index contributed by atoms with van der Waals surface area (Å²) < 4.78 is 9.76. The SMILES string of the molecule is COC(=O)N[C@H](C(=O)N1CCC[C@H]1c1ncc(-c2ccc(-c3ccc4c(ccc5nc([C@@H]6[C@H]7CC[C@H](C7)N6C(=O)[C@H](NC(=O)OC)C6(C)C=CC=CC6)[nH]c54)c3)cc2)[nH]1)C(C)C. The molecule has 14 heteroatoms. The van der Waals surface area contributed by atoms with Gasteiger partial charge in [-0.25, -0.2) is 19.6 Å². The number of hydrogen-bond acceptors (Lipinski definition) is 8. The number of aromatic amines is 2. The molecule has 14 nitrogen and oxygen atoms in total. The normalized spacial score (nSPS) is 23.9. The molecule has 2 saturated heterocycles. The van der Waals surface area contributed by atoms with Crippen LogP contribution in [0.1, 0.15) is 83.0 Å². The minimum atomic E-state index is -0.797. The zero-order valence-electron chi connectivity index (χ0n) is 35.8. The quantitative estimate of drug-likeness (QED) is 0.109. The summed E-state index contributed by atoms with van der Waals surface area (Å²) in [5.74, 6) is 1.41. The minimum Gasteiger partial charge on any atom is -0.453 e. The zero-order valence-corrected chi connectivity index (χ0v) is 35.8. The number of ether oxygens (including phenoxy) is 2. The van der Waals surface area contributed by atoms with Gasteiger partial charge in [0.15, 0.2) is 0 Å². The van der Waals surface area contributed by atoms with Crippen molar-refractivity contribution >= 4 is 45.8 Å². The third kappa shape index (κ3) is 7.38. The van der Waals surface area contributed by atoms with Crippen LogP contribution in [0.5, 0.6) is 0 Å². The van der Waals surface area contributed by atoms with Crippen LogP contribution in [0, 0.1) is 17.3 Å². The van der Waals surface area contributed by atoms with Crippen molar-refractivity contribution in [1.29, 1.82) is 0 Å². The molecule has 62 heavy (non-hydrogen) atoms. The summed E-state index contributed by atoms with van der Waals surface area (Å²) >= 11 is 0. The Morgan fingerprint density at radius 2 is 1.61 bits per heavy atom. The molecule has 0 radical (unpaired) electrons. The van der Waals surface area contributed by atoms with Crippen LogP contribution < -0.4 is 10.6 Å². The van der Waals surface area contributed by atoms with Gasteiger partial charge in [0, 0.05) is 23.4 Å². The predicted octanol–water partition coefficient (Wildman–Crippen LogP) is 8.12. The average molecular weight is 839 g/mol. The number of amides is 4. The molecule has 3 aromatic carbocycles. The number of carbonyl (C=O) groups is 4. The maximum absolute atomic E-state index is 14.7. The molecule has 1 unspecified atom stereocenters. The molecule has 3 fully saturated rings. The lowest BCUT2D eigenvalue weighted by Crippen LogP contribution is -2.57. The Morgan fingerprint density at radius 3 is 2.35 bits per heavy atom. The number of likely N-dealkylation sites (tertiary alicyclic amines) is 2. The van der Waals surface area contributed by atoms with Crippen molar-refractivity contribution in [2.75, 3.05) is 20.8 Å². The first-order valence-corrected chi connectivity index (χ1v) is 21.7. The number of rotatable bonds is 10. The lowest BCUT2D eigenvalue weighted by molar-refractivity contribution is -0.140. The Balaban J connectivity index is 0.937. The van der Waals surface area contributed by atoms with E-state index in [0.717, 1.165) is 87.9 Å². The molecule has 4 amide bonds. The minimum absolute atomic E-state index is 0.0783. The fourth-order valence-electron chi connectivity index (χ4n) is 10.3. The standard InChI is InChI=1S/C48H54N8O6/c1-27(2)38(53-46(59)61-4)44(57)55-23-9-10-37(55)42-49-26-36(51-42)29-13-11-28(12-14-29)30-16-19-34-31(24-30)17-20-35-39(34)52-43(50-35)40-32-15-18-33(25-32)56(40)45(58)41(54-47(60)62-5)48(3)21-7-6-8-22-48/h6-8,11-14,16-17,19-21,24,26-27,32-33,37-38,40-41H,9-10,15,18,22-23,25H2,1-5H3,(H,49,51)(H,50,52)(H,53,59)(H,54,60)/t32-,33+,37-,38-,40-,41-,48?/m0/s1. The second-order valence-corrected chi connectivity index (χ2v) is 17.8. The number of fused-ring (bicyclic) bond motifs is 5. The predicted molar refractivity (Wildman–Crippen MR) is 236 cm³/mol. The number of methoxy groups -OCH3 is 2. The van der Waals surface area contributed by atoms with Crippen molar-refractivity contribution in [1.82, 2.24) is 40.4 Å².